The van der Waals surface area contributed by atoms with Gasteiger partial charge in [0.15, 0.2) is 16.6 Å². The minimum absolute atomic E-state index is 0.00915. The van der Waals surface area contributed by atoms with Crippen molar-refractivity contribution in [2.24, 2.45) is 0 Å². The Morgan fingerprint density at radius 2 is 1.78 bits per heavy atom. The average Bonchev–Trinajstić information content (AvgIpc) is 3.35. The van der Waals surface area contributed by atoms with Crippen molar-refractivity contribution in [3.8, 4) is 22.8 Å². The number of nitrogens with zero attached hydrogens (tertiary/aromatic N) is 1. The van der Waals surface area contributed by atoms with Crippen LogP contribution in [0.25, 0.3) is 22.2 Å². The van der Waals surface area contributed by atoms with E-state index in [1.807, 2.05) is 30.3 Å². The lowest BCUT2D eigenvalue weighted by atomic mass is 10.1. The smallest absolute Gasteiger partial charge is 0.345 e. The summed E-state index contributed by atoms with van der Waals surface area (Å²) in [5.41, 5.74) is 1.73. The predicted molar refractivity (Wildman–Crippen MR) is 138 cm³/mol. The minimum Gasteiger partial charge on any atom is -0.493 e. The van der Waals surface area contributed by atoms with E-state index in [4.69, 9.17) is 13.9 Å². The van der Waals surface area contributed by atoms with Gasteiger partial charge in [-0.3, -0.25) is 9.59 Å². The van der Waals surface area contributed by atoms with Crippen molar-refractivity contribution < 1.29 is 23.5 Å². The molecule has 4 rings (SSSR count). The highest BCUT2D eigenvalue weighted by molar-refractivity contribution is 7.14. The number of hydrogen-bond donors (Lipinski definition) is 2. The number of para-hydroxylation sites is 1. The predicted octanol–water partition coefficient (Wildman–Crippen LogP) is 4.01. The maximum absolute atomic E-state index is 12.3. The lowest BCUT2D eigenvalue weighted by Gasteiger charge is -2.10. The number of amides is 2. The number of anilines is 1. The molecule has 0 unspecified atom stereocenters. The van der Waals surface area contributed by atoms with E-state index in [1.165, 1.54) is 11.3 Å². The largest absolute Gasteiger partial charge is 0.493 e. The zero-order valence-electron chi connectivity index (χ0n) is 19.8. The first-order valence-corrected chi connectivity index (χ1v) is 12.1. The fraction of sp³-hybridized carbons (Fsp3) is 0.231. The number of ether oxygens (including phenoxy) is 2. The Hall–Kier alpha value is -4.18. The molecule has 2 aromatic carbocycles. The number of rotatable bonds is 10. The second-order valence-electron chi connectivity index (χ2n) is 7.86. The number of fused-ring (bicyclic) bond motifs is 1. The number of thiazole rings is 1. The third-order valence-electron chi connectivity index (χ3n) is 5.43. The topological polar surface area (TPSA) is 120 Å². The number of aromatic nitrogens is 1. The molecule has 9 nitrogen and oxygen atoms in total. The fourth-order valence-electron chi connectivity index (χ4n) is 3.57. The van der Waals surface area contributed by atoms with Gasteiger partial charge >= 0.3 is 5.63 Å². The van der Waals surface area contributed by atoms with Gasteiger partial charge in [0, 0.05) is 30.2 Å². The molecule has 36 heavy (non-hydrogen) atoms. The highest BCUT2D eigenvalue weighted by Crippen LogP contribution is 2.28. The molecule has 2 heterocycles. The quantitative estimate of drug-likeness (QED) is 0.311. The summed E-state index contributed by atoms with van der Waals surface area (Å²) in [6, 6.07) is 14.5. The van der Waals surface area contributed by atoms with E-state index in [0.717, 1.165) is 10.9 Å². The van der Waals surface area contributed by atoms with Gasteiger partial charge in [0.25, 0.3) is 0 Å². The van der Waals surface area contributed by atoms with Crippen molar-refractivity contribution in [3.05, 3.63) is 69.9 Å². The average molecular weight is 508 g/mol. The van der Waals surface area contributed by atoms with Crippen LogP contribution in [0.5, 0.6) is 11.5 Å². The van der Waals surface area contributed by atoms with Crippen molar-refractivity contribution in [1.82, 2.24) is 10.3 Å². The molecule has 0 spiro atoms. The Morgan fingerprint density at radius 1 is 1.00 bits per heavy atom. The van der Waals surface area contributed by atoms with Crippen LogP contribution in [0, 0.1) is 0 Å². The molecule has 0 bridgehead atoms. The van der Waals surface area contributed by atoms with Gasteiger partial charge in [-0.25, -0.2) is 9.78 Å². The van der Waals surface area contributed by atoms with E-state index >= 15 is 0 Å². The minimum atomic E-state index is -0.498. The van der Waals surface area contributed by atoms with Crippen molar-refractivity contribution in [3.63, 3.8) is 0 Å². The van der Waals surface area contributed by atoms with Crippen LogP contribution in [0.15, 0.2) is 63.1 Å². The van der Waals surface area contributed by atoms with Crippen LogP contribution < -0.4 is 25.7 Å². The zero-order chi connectivity index (χ0) is 25.5. The Bertz CT molecular complexity index is 1450. The molecule has 0 radical (unpaired) electrons. The van der Waals surface area contributed by atoms with Crippen molar-refractivity contribution in [1.29, 1.82) is 0 Å². The van der Waals surface area contributed by atoms with Gasteiger partial charge in [-0.1, -0.05) is 24.3 Å². The molecule has 0 saturated heterocycles. The number of benzene rings is 2. The van der Waals surface area contributed by atoms with Gasteiger partial charge in [0.1, 0.15) is 5.58 Å². The highest BCUT2D eigenvalue weighted by Gasteiger charge is 2.14. The highest BCUT2D eigenvalue weighted by atomic mass is 32.1. The van der Waals surface area contributed by atoms with E-state index < -0.39 is 5.63 Å². The lowest BCUT2D eigenvalue weighted by Crippen LogP contribution is -2.26. The molecule has 0 fully saturated rings. The number of hydrogen-bond acceptors (Lipinski definition) is 8. The SMILES string of the molecule is COc1ccc(CCNC(=O)CCC(=O)Nc2nc(-c3cc4ccccc4oc3=O)cs2)cc1OC. The maximum Gasteiger partial charge on any atom is 0.345 e. The Labute approximate surface area is 211 Å². The van der Waals surface area contributed by atoms with Crippen LogP contribution >= 0.6 is 11.3 Å². The van der Waals surface area contributed by atoms with Crippen LogP contribution in [0.3, 0.4) is 0 Å². The molecule has 2 aromatic heterocycles. The normalized spacial score (nSPS) is 10.7. The standard InChI is InChI=1S/C26H25N3O6S/c1-33-21-8-7-16(13-22(21)34-2)11-12-27-23(30)9-10-24(31)29-26-28-19(15-36-26)18-14-17-5-3-4-6-20(17)35-25(18)32/h3-8,13-15H,9-12H2,1-2H3,(H,27,30)(H,28,29,31). The van der Waals surface area contributed by atoms with Crippen LogP contribution in [0.2, 0.25) is 0 Å². The molecular formula is C26H25N3O6S. The molecule has 2 amide bonds. The summed E-state index contributed by atoms with van der Waals surface area (Å²) in [7, 11) is 3.14. The third kappa shape index (κ3) is 6.08. The summed E-state index contributed by atoms with van der Waals surface area (Å²) < 4.78 is 15.9. The van der Waals surface area contributed by atoms with Crippen molar-refractivity contribution in [2.45, 2.75) is 19.3 Å². The molecule has 0 aliphatic carbocycles. The molecule has 10 heteroatoms. The Balaban J connectivity index is 1.25. The third-order valence-corrected chi connectivity index (χ3v) is 6.19. The van der Waals surface area contributed by atoms with E-state index in [0.29, 0.717) is 46.4 Å². The van der Waals surface area contributed by atoms with Crippen molar-refractivity contribution >= 4 is 39.3 Å². The molecule has 0 saturated carbocycles. The second kappa shape index (κ2) is 11.5. The lowest BCUT2D eigenvalue weighted by molar-refractivity contribution is -0.124. The first-order chi connectivity index (χ1) is 17.5. The van der Waals surface area contributed by atoms with Gasteiger partial charge < -0.3 is 24.5 Å². The van der Waals surface area contributed by atoms with Gasteiger partial charge in [-0.05, 0) is 36.2 Å². The van der Waals surface area contributed by atoms with E-state index in [9.17, 15) is 14.4 Å². The summed E-state index contributed by atoms with van der Waals surface area (Å²) in [4.78, 5) is 41.1. The molecule has 2 N–H and O–H groups in total. The van der Waals surface area contributed by atoms with Gasteiger partial charge in [-0.15, -0.1) is 11.3 Å². The van der Waals surface area contributed by atoms with E-state index in [-0.39, 0.29) is 24.7 Å². The van der Waals surface area contributed by atoms with Crippen LogP contribution in [0.1, 0.15) is 18.4 Å². The van der Waals surface area contributed by atoms with Crippen molar-refractivity contribution in [2.75, 3.05) is 26.1 Å². The van der Waals surface area contributed by atoms with Gasteiger partial charge in [0.2, 0.25) is 11.8 Å². The summed E-state index contributed by atoms with van der Waals surface area (Å²) >= 11 is 1.19. The van der Waals surface area contributed by atoms with Gasteiger partial charge in [-0.2, -0.15) is 0 Å². The summed E-state index contributed by atoms with van der Waals surface area (Å²) in [5.74, 6) is 0.713. The summed E-state index contributed by atoms with van der Waals surface area (Å²) in [5, 5.41) is 8.30. The number of methoxy groups -OCH3 is 2. The molecule has 186 valence electrons. The second-order valence-corrected chi connectivity index (χ2v) is 8.72. The van der Waals surface area contributed by atoms with E-state index in [1.54, 1.807) is 37.8 Å². The first kappa shape index (κ1) is 24.9. The summed E-state index contributed by atoms with van der Waals surface area (Å²) in [6.45, 7) is 0.431. The van der Waals surface area contributed by atoms with Crippen LogP contribution in [-0.2, 0) is 16.0 Å². The molecule has 0 atom stereocenters. The molecule has 4 aromatic rings. The van der Waals surface area contributed by atoms with Crippen LogP contribution in [-0.4, -0.2) is 37.6 Å². The number of nitrogens with one attached hydrogen (secondary N) is 2. The van der Waals surface area contributed by atoms with E-state index in [2.05, 4.69) is 15.6 Å². The maximum atomic E-state index is 12.3. The Kier molecular flexibility index (Phi) is 7.96. The fourth-order valence-corrected chi connectivity index (χ4v) is 4.30. The molecular weight excluding hydrogens is 482 g/mol. The van der Waals surface area contributed by atoms with Gasteiger partial charge in [0.05, 0.1) is 25.5 Å². The first-order valence-electron chi connectivity index (χ1n) is 11.2. The monoisotopic (exact) mass is 507 g/mol. The number of carbonyl (C=O) groups excluding carboxylic acids is 2. The molecule has 0 aliphatic heterocycles. The zero-order valence-corrected chi connectivity index (χ0v) is 20.6. The Morgan fingerprint density at radius 3 is 2.58 bits per heavy atom. The van der Waals surface area contributed by atoms with Crippen LogP contribution in [0.4, 0.5) is 5.13 Å². The molecule has 0 aliphatic rings. The summed E-state index contributed by atoms with van der Waals surface area (Å²) in [6.07, 6.45) is 0.669. The number of carbonyl (C=O) groups is 2.